The molecule has 1 aromatic heterocycles. The van der Waals surface area contributed by atoms with Crippen molar-refractivity contribution in [2.24, 2.45) is 5.41 Å². The summed E-state index contributed by atoms with van der Waals surface area (Å²) in [5, 5.41) is 20.7. The second-order valence-electron chi connectivity index (χ2n) is 6.63. The second kappa shape index (κ2) is 6.20. The molecule has 3 rings (SSSR count). The number of likely N-dealkylation sites (tertiary alicyclic amines) is 1. The molecule has 1 saturated carbocycles. The number of nitrogens with one attached hydrogen (secondary N) is 1. The Kier molecular flexibility index (Phi) is 4.29. The highest BCUT2D eigenvalue weighted by atomic mass is 16.3. The normalized spacial score (nSPS) is 24.5. The maximum Gasteiger partial charge on any atom is 0.323 e. The number of hydrogen-bond donors (Lipinski definition) is 2. The summed E-state index contributed by atoms with van der Waals surface area (Å²) in [4.78, 5) is 14.1. The Bertz CT molecular complexity index is 529. The number of aromatic nitrogens is 2. The predicted molar refractivity (Wildman–Crippen MR) is 83.6 cm³/mol. The molecule has 0 spiro atoms. The molecule has 0 radical (unpaired) electrons. The maximum atomic E-state index is 12.3. The van der Waals surface area contributed by atoms with Crippen LogP contribution in [0.15, 0.2) is 12.1 Å². The lowest BCUT2D eigenvalue weighted by Gasteiger charge is -2.26. The highest BCUT2D eigenvalue weighted by Crippen LogP contribution is 2.38. The van der Waals surface area contributed by atoms with Gasteiger partial charge in [0.25, 0.3) is 0 Å². The minimum Gasteiger partial charge on any atom is -0.396 e. The maximum absolute atomic E-state index is 12.3. The Morgan fingerprint density at radius 1 is 1.45 bits per heavy atom. The molecule has 1 unspecified atom stereocenters. The van der Waals surface area contributed by atoms with E-state index >= 15 is 0 Å². The molecule has 6 heteroatoms. The molecular weight excluding hydrogens is 280 g/mol. The average molecular weight is 304 g/mol. The van der Waals surface area contributed by atoms with Crippen LogP contribution in [0.5, 0.6) is 0 Å². The smallest absolute Gasteiger partial charge is 0.323 e. The third-order valence-electron chi connectivity index (χ3n) is 4.76. The Balaban J connectivity index is 1.57. The van der Waals surface area contributed by atoms with Gasteiger partial charge in [-0.3, -0.25) is 5.32 Å². The van der Waals surface area contributed by atoms with Gasteiger partial charge in [0.15, 0.2) is 5.82 Å². The van der Waals surface area contributed by atoms with E-state index in [0.29, 0.717) is 24.8 Å². The van der Waals surface area contributed by atoms with Gasteiger partial charge in [-0.2, -0.15) is 5.10 Å². The van der Waals surface area contributed by atoms with Crippen LogP contribution in [-0.2, 0) is 0 Å². The number of urea groups is 1. The number of aliphatic hydroxyl groups is 1. The summed E-state index contributed by atoms with van der Waals surface area (Å²) < 4.78 is 0. The van der Waals surface area contributed by atoms with Crippen LogP contribution < -0.4 is 5.32 Å². The third-order valence-corrected chi connectivity index (χ3v) is 4.76. The van der Waals surface area contributed by atoms with E-state index in [9.17, 15) is 9.90 Å². The summed E-state index contributed by atoms with van der Waals surface area (Å²) in [6, 6.07) is 3.61. The Labute approximate surface area is 130 Å². The summed E-state index contributed by atoms with van der Waals surface area (Å²) in [7, 11) is 0. The molecule has 1 aliphatic heterocycles. The molecule has 1 saturated heterocycles. The van der Waals surface area contributed by atoms with Crippen LogP contribution in [-0.4, -0.2) is 45.9 Å². The van der Waals surface area contributed by atoms with Gasteiger partial charge >= 0.3 is 6.03 Å². The first-order valence-electron chi connectivity index (χ1n) is 8.16. The van der Waals surface area contributed by atoms with E-state index < -0.39 is 0 Å². The van der Waals surface area contributed by atoms with Crippen LogP contribution in [0, 0.1) is 5.41 Å². The number of nitrogens with zero attached hydrogens (tertiary/aromatic N) is 3. The lowest BCUT2D eigenvalue weighted by atomic mass is 9.83. The van der Waals surface area contributed by atoms with Gasteiger partial charge in [-0.15, -0.1) is 5.10 Å². The summed E-state index contributed by atoms with van der Waals surface area (Å²) in [6.45, 7) is 3.54. The number of carbonyl (C=O) groups excluding carboxylic acids is 1. The molecule has 22 heavy (non-hydrogen) atoms. The van der Waals surface area contributed by atoms with Crippen molar-refractivity contribution in [1.29, 1.82) is 0 Å². The van der Waals surface area contributed by atoms with E-state index in [-0.39, 0.29) is 18.1 Å². The number of amides is 2. The van der Waals surface area contributed by atoms with Crippen molar-refractivity contribution in [3.63, 3.8) is 0 Å². The molecular formula is C16H24N4O2. The zero-order chi connectivity index (χ0) is 15.6. The topological polar surface area (TPSA) is 78.4 Å². The summed E-state index contributed by atoms with van der Waals surface area (Å²) in [5.74, 6) is 1.06. The molecule has 2 amide bonds. The first-order chi connectivity index (χ1) is 10.7. The molecule has 2 fully saturated rings. The molecule has 1 aromatic rings. The third kappa shape index (κ3) is 3.21. The highest BCUT2D eigenvalue weighted by Gasteiger charge is 2.38. The molecule has 1 atom stereocenters. The fraction of sp³-hybridized carbons (Fsp3) is 0.688. The largest absolute Gasteiger partial charge is 0.396 e. The second-order valence-corrected chi connectivity index (χ2v) is 6.63. The van der Waals surface area contributed by atoms with Crippen molar-refractivity contribution in [1.82, 2.24) is 15.1 Å². The van der Waals surface area contributed by atoms with Crippen LogP contribution in [0.25, 0.3) is 0 Å². The highest BCUT2D eigenvalue weighted by molar-refractivity contribution is 5.88. The first-order valence-corrected chi connectivity index (χ1v) is 8.16. The number of hydrogen-bond acceptors (Lipinski definition) is 4. The van der Waals surface area contributed by atoms with Gasteiger partial charge in [-0.1, -0.05) is 13.3 Å². The minimum atomic E-state index is -0.153. The van der Waals surface area contributed by atoms with Crippen LogP contribution in [0.3, 0.4) is 0 Å². The van der Waals surface area contributed by atoms with Gasteiger partial charge in [0.2, 0.25) is 0 Å². The van der Waals surface area contributed by atoms with E-state index in [1.165, 1.54) is 12.8 Å². The fourth-order valence-corrected chi connectivity index (χ4v) is 3.25. The zero-order valence-electron chi connectivity index (χ0n) is 13.1. The lowest BCUT2D eigenvalue weighted by molar-refractivity contribution is 0.122. The first kappa shape index (κ1) is 15.2. The minimum absolute atomic E-state index is 0.131. The van der Waals surface area contributed by atoms with E-state index in [1.807, 2.05) is 12.1 Å². The van der Waals surface area contributed by atoms with Crippen molar-refractivity contribution in [3.05, 3.63) is 17.8 Å². The van der Waals surface area contributed by atoms with E-state index in [1.54, 1.807) is 4.90 Å². The Morgan fingerprint density at radius 2 is 2.27 bits per heavy atom. The lowest BCUT2D eigenvalue weighted by Crippen LogP contribution is -2.36. The van der Waals surface area contributed by atoms with Crippen LogP contribution in [0.4, 0.5) is 10.6 Å². The van der Waals surface area contributed by atoms with E-state index in [2.05, 4.69) is 22.4 Å². The number of rotatable bonds is 5. The zero-order valence-corrected chi connectivity index (χ0v) is 13.1. The Hall–Kier alpha value is -1.69. The van der Waals surface area contributed by atoms with Crippen LogP contribution in [0.1, 0.15) is 50.6 Å². The molecule has 1 aliphatic carbocycles. The van der Waals surface area contributed by atoms with Gasteiger partial charge < -0.3 is 10.0 Å². The summed E-state index contributed by atoms with van der Waals surface area (Å²) in [6.07, 6.45) is 5.20. The van der Waals surface area contributed by atoms with Crippen molar-refractivity contribution in [3.8, 4) is 0 Å². The molecule has 6 nitrogen and oxygen atoms in total. The summed E-state index contributed by atoms with van der Waals surface area (Å²) >= 11 is 0. The number of carbonyl (C=O) groups is 1. The molecule has 120 valence electrons. The van der Waals surface area contributed by atoms with Crippen LogP contribution in [0.2, 0.25) is 0 Å². The van der Waals surface area contributed by atoms with Crippen LogP contribution >= 0.6 is 0 Å². The van der Waals surface area contributed by atoms with Crippen molar-refractivity contribution in [2.45, 2.75) is 44.9 Å². The van der Waals surface area contributed by atoms with Crippen molar-refractivity contribution in [2.75, 3.05) is 25.0 Å². The number of aliphatic hydroxyl groups excluding tert-OH is 1. The molecule has 0 bridgehead atoms. The van der Waals surface area contributed by atoms with Gasteiger partial charge in [0.1, 0.15) is 0 Å². The van der Waals surface area contributed by atoms with Gasteiger partial charge in [-0.05, 0) is 37.8 Å². The number of anilines is 1. The standard InChI is InChI=1S/C16H24N4O2/c1-2-7-16(11-21)8-9-20(10-16)15(22)17-14-6-5-13(18-19-14)12-3-4-12/h5-6,12,21H,2-4,7-11H2,1H3,(H,17,19,22). The van der Waals surface area contributed by atoms with Crippen molar-refractivity contribution < 1.29 is 9.90 Å². The Morgan fingerprint density at radius 3 is 2.86 bits per heavy atom. The SMILES string of the molecule is CCCC1(CO)CCN(C(=O)Nc2ccc(C3CC3)nn2)C1. The predicted octanol–water partition coefficient (Wildman–Crippen LogP) is 2.37. The van der Waals surface area contributed by atoms with Gasteiger partial charge in [0.05, 0.1) is 12.3 Å². The van der Waals surface area contributed by atoms with E-state index in [4.69, 9.17) is 0 Å². The monoisotopic (exact) mass is 304 g/mol. The fourth-order valence-electron chi connectivity index (χ4n) is 3.25. The van der Waals surface area contributed by atoms with Gasteiger partial charge in [0, 0.05) is 24.4 Å². The molecule has 2 N–H and O–H groups in total. The summed E-state index contributed by atoms with van der Waals surface area (Å²) in [5.41, 5.74) is 0.884. The van der Waals surface area contributed by atoms with Crippen molar-refractivity contribution >= 4 is 11.8 Å². The van der Waals surface area contributed by atoms with Gasteiger partial charge in [-0.25, -0.2) is 4.79 Å². The molecule has 0 aromatic carbocycles. The molecule has 2 heterocycles. The average Bonchev–Trinajstić information content (AvgIpc) is 3.29. The van der Waals surface area contributed by atoms with E-state index in [0.717, 1.165) is 25.0 Å². The quantitative estimate of drug-likeness (QED) is 0.875. The molecule has 2 aliphatic rings.